The van der Waals surface area contributed by atoms with Gasteiger partial charge in [0.15, 0.2) is 11.6 Å². The topological polar surface area (TPSA) is 92.7 Å². The molecule has 0 spiro atoms. The molecule has 0 aliphatic rings. The van der Waals surface area contributed by atoms with Gasteiger partial charge in [0.2, 0.25) is 10.0 Å². The van der Waals surface area contributed by atoms with E-state index in [1.165, 1.54) is 19.2 Å². The molecule has 0 fully saturated rings. The van der Waals surface area contributed by atoms with E-state index < -0.39 is 39.2 Å². The Kier molecular flexibility index (Phi) is 5.99. The summed E-state index contributed by atoms with van der Waals surface area (Å²) in [6.45, 7) is 3.62. The fraction of sp³-hybridized carbons (Fsp3) is 0.278. The minimum atomic E-state index is -4.31. The van der Waals surface area contributed by atoms with Crippen LogP contribution in [0.2, 0.25) is 0 Å². The van der Waals surface area contributed by atoms with Crippen LogP contribution in [0.25, 0.3) is 0 Å². The quantitative estimate of drug-likeness (QED) is 0.769. The standard InChI is InChI=1S/C18H20FNO5S/c1-11-6-4-7-13(12(11)2)14(10-17(21)22)20-26(23,24)16-9-5-8-15(25-3)18(16)19/h4-9,14,20H,10H2,1-3H3,(H,21,22). The molecule has 0 bridgehead atoms. The van der Waals surface area contributed by atoms with Crippen molar-refractivity contribution in [2.45, 2.75) is 31.2 Å². The number of halogens is 1. The lowest BCUT2D eigenvalue weighted by molar-refractivity contribution is -0.137. The van der Waals surface area contributed by atoms with Gasteiger partial charge in [0, 0.05) is 0 Å². The number of aliphatic carboxylic acids is 1. The Hall–Kier alpha value is -2.45. The first-order valence-corrected chi connectivity index (χ1v) is 9.28. The van der Waals surface area contributed by atoms with Gasteiger partial charge in [-0.1, -0.05) is 24.3 Å². The second kappa shape index (κ2) is 7.84. The van der Waals surface area contributed by atoms with Gasteiger partial charge in [-0.2, -0.15) is 0 Å². The molecule has 0 heterocycles. The molecule has 2 rings (SSSR count). The molecule has 140 valence electrons. The van der Waals surface area contributed by atoms with E-state index in [1.807, 2.05) is 13.0 Å². The second-order valence-electron chi connectivity index (χ2n) is 5.83. The predicted octanol–water partition coefficient (Wildman–Crippen LogP) is 2.95. The van der Waals surface area contributed by atoms with Crippen LogP contribution < -0.4 is 9.46 Å². The highest BCUT2D eigenvalue weighted by molar-refractivity contribution is 7.89. The Balaban J connectivity index is 2.48. The first kappa shape index (κ1) is 19.9. The summed E-state index contributed by atoms with van der Waals surface area (Å²) in [5.74, 6) is -2.42. The fourth-order valence-corrected chi connectivity index (χ4v) is 3.95. The predicted molar refractivity (Wildman–Crippen MR) is 94.2 cm³/mol. The molecule has 1 atom stereocenters. The third-order valence-electron chi connectivity index (χ3n) is 4.14. The number of methoxy groups -OCH3 is 1. The fourth-order valence-electron chi connectivity index (χ4n) is 2.65. The molecule has 0 saturated heterocycles. The van der Waals surface area contributed by atoms with Gasteiger partial charge in [-0.25, -0.2) is 17.5 Å². The summed E-state index contributed by atoms with van der Waals surface area (Å²) in [4.78, 5) is 10.6. The highest BCUT2D eigenvalue weighted by Gasteiger charge is 2.28. The van der Waals surface area contributed by atoms with Crippen molar-refractivity contribution in [3.05, 3.63) is 58.9 Å². The molecule has 2 aromatic carbocycles. The lowest BCUT2D eigenvalue weighted by Crippen LogP contribution is -2.31. The van der Waals surface area contributed by atoms with Gasteiger partial charge in [-0.05, 0) is 42.7 Å². The van der Waals surface area contributed by atoms with E-state index in [-0.39, 0.29) is 5.75 Å². The van der Waals surface area contributed by atoms with E-state index in [0.29, 0.717) is 5.56 Å². The summed E-state index contributed by atoms with van der Waals surface area (Å²) in [5.41, 5.74) is 2.19. The molecule has 0 amide bonds. The third kappa shape index (κ3) is 4.20. The van der Waals surface area contributed by atoms with Crippen LogP contribution in [0, 0.1) is 19.7 Å². The van der Waals surface area contributed by atoms with E-state index in [1.54, 1.807) is 19.1 Å². The van der Waals surface area contributed by atoms with Crippen LogP contribution in [0.3, 0.4) is 0 Å². The summed E-state index contributed by atoms with van der Waals surface area (Å²) in [6.07, 6.45) is -0.477. The zero-order valence-corrected chi connectivity index (χ0v) is 15.4. The molecule has 0 aliphatic carbocycles. The Morgan fingerprint density at radius 2 is 1.88 bits per heavy atom. The Morgan fingerprint density at radius 1 is 1.23 bits per heavy atom. The molecule has 2 N–H and O–H groups in total. The average molecular weight is 381 g/mol. The van der Waals surface area contributed by atoms with E-state index in [0.717, 1.165) is 17.2 Å². The molecule has 0 saturated carbocycles. The number of ether oxygens (including phenoxy) is 1. The molecule has 26 heavy (non-hydrogen) atoms. The maximum Gasteiger partial charge on any atom is 0.305 e. The number of rotatable bonds is 7. The molecule has 8 heteroatoms. The van der Waals surface area contributed by atoms with Crippen molar-refractivity contribution in [3.8, 4) is 5.75 Å². The van der Waals surface area contributed by atoms with Gasteiger partial charge >= 0.3 is 5.97 Å². The van der Waals surface area contributed by atoms with Crippen LogP contribution in [-0.2, 0) is 14.8 Å². The average Bonchev–Trinajstić information content (AvgIpc) is 2.56. The van der Waals surface area contributed by atoms with E-state index in [9.17, 15) is 22.7 Å². The van der Waals surface area contributed by atoms with Crippen LogP contribution in [0.4, 0.5) is 4.39 Å². The number of nitrogens with one attached hydrogen (secondary N) is 1. The molecule has 6 nitrogen and oxygen atoms in total. The van der Waals surface area contributed by atoms with Crippen molar-refractivity contribution in [1.29, 1.82) is 0 Å². The van der Waals surface area contributed by atoms with Crippen molar-refractivity contribution in [2.75, 3.05) is 7.11 Å². The minimum Gasteiger partial charge on any atom is -0.494 e. The zero-order valence-electron chi connectivity index (χ0n) is 14.6. The first-order valence-electron chi connectivity index (χ1n) is 7.80. The molecule has 0 aromatic heterocycles. The number of aryl methyl sites for hydroxylation is 1. The lowest BCUT2D eigenvalue weighted by Gasteiger charge is -2.21. The van der Waals surface area contributed by atoms with Crippen LogP contribution in [0.5, 0.6) is 5.75 Å². The van der Waals surface area contributed by atoms with Gasteiger partial charge < -0.3 is 9.84 Å². The van der Waals surface area contributed by atoms with Crippen molar-refractivity contribution < 1.29 is 27.4 Å². The van der Waals surface area contributed by atoms with Crippen molar-refractivity contribution in [1.82, 2.24) is 4.72 Å². The number of sulfonamides is 1. The summed E-state index contributed by atoms with van der Waals surface area (Å²) in [6, 6.07) is 7.92. The highest BCUT2D eigenvalue weighted by atomic mass is 32.2. The van der Waals surface area contributed by atoms with Crippen LogP contribution in [0.1, 0.15) is 29.2 Å². The molecule has 2 aromatic rings. The van der Waals surface area contributed by atoms with Crippen molar-refractivity contribution in [3.63, 3.8) is 0 Å². The second-order valence-corrected chi connectivity index (χ2v) is 7.52. The Morgan fingerprint density at radius 3 is 2.50 bits per heavy atom. The van der Waals surface area contributed by atoms with Gasteiger partial charge in [0.05, 0.1) is 19.6 Å². The zero-order chi connectivity index (χ0) is 19.5. The number of hydrogen-bond donors (Lipinski definition) is 2. The summed E-state index contributed by atoms with van der Waals surface area (Å²) in [5, 5.41) is 9.18. The largest absolute Gasteiger partial charge is 0.494 e. The molecule has 0 aliphatic heterocycles. The monoisotopic (exact) mass is 381 g/mol. The number of carboxylic acids is 1. The minimum absolute atomic E-state index is 0.214. The normalized spacial score (nSPS) is 12.6. The smallest absolute Gasteiger partial charge is 0.305 e. The van der Waals surface area contributed by atoms with Crippen molar-refractivity contribution in [2.24, 2.45) is 0 Å². The maximum atomic E-state index is 14.4. The van der Waals surface area contributed by atoms with E-state index in [2.05, 4.69) is 4.72 Å². The van der Waals surface area contributed by atoms with Gasteiger partial charge in [0.25, 0.3) is 0 Å². The maximum absolute atomic E-state index is 14.4. The summed E-state index contributed by atoms with van der Waals surface area (Å²) < 4.78 is 46.9. The summed E-state index contributed by atoms with van der Waals surface area (Å²) >= 11 is 0. The number of benzene rings is 2. The third-order valence-corrected chi connectivity index (χ3v) is 5.62. The van der Waals surface area contributed by atoms with E-state index in [4.69, 9.17) is 4.74 Å². The number of carboxylic acid groups (broad SMARTS) is 1. The molecule has 1 unspecified atom stereocenters. The highest BCUT2D eigenvalue weighted by Crippen LogP contribution is 2.28. The lowest BCUT2D eigenvalue weighted by atomic mass is 9.96. The van der Waals surface area contributed by atoms with Crippen LogP contribution in [-0.4, -0.2) is 26.6 Å². The van der Waals surface area contributed by atoms with Crippen LogP contribution in [0.15, 0.2) is 41.3 Å². The molecule has 0 radical (unpaired) electrons. The molecular formula is C18H20FNO5S. The number of hydrogen-bond acceptors (Lipinski definition) is 4. The molecular weight excluding hydrogens is 361 g/mol. The van der Waals surface area contributed by atoms with Gasteiger partial charge in [-0.3, -0.25) is 4.79 Å². The summed E-state index contributed by atoms with van der Waals surface area (Å²) in [7, 11) is -3.09. The Bertz CT molecular complexity index is 927. The van der Waals surface area contributed by atoms with E-state index >= 15 is 0 Å². The SMILES string of the molecule is COc1cccc(S(=O)(=O)NC(CC(=O)O)c2cccc(C)c2C)c1F. The van der Waals surface area contributed by atoms with Gasteiger partial charge in [0.1, 0.15) is 4.90 Å². The number of carbonyl (C=O) groups is 1. The Labute approximate surface area is 151 Å². The van der Waals surface area contributed by atoms with Gasteiger partial charge in [-0.15, -0.1) is 0 Å². The van der Waals surface area contributed by atoms with Crippen molar-refractivity contribution >= 4 is 16.0 Å². The van der Waals surface area contributed by atoms with Crippen LogP contribution >= 0.6 is 0 Å². The first-order chi connectivity index (χ1) is 12.2.